The second kappa shape index (κ2) is 7.14. The third-order valence-electron chi connectivity index (χ3n) is 3.58. The van der Waals surface area contributed by atoms with E-state index in [9.17, 15) is 3.74 Å². The van der Waals surface area contributed by atoms with E-state index in [1.807, 2.05) is 72.8 Å². The van der Waals surface area contributed by atoms with Crippen LogP contribution in [-0.4, -0.2) is 13.5 Å². The van der Waals surface area contributed by atoms with Crippen molar-refractivity contribution < 1.29 is 3.74 Å². The van der Waals surface area contributed by atoms with Gasteiger partial charge in [0.1, 0.15) is 0 Å². The fourth-order valence-corrected chi connectivity index (χ4v) is 13.1. The van der Waals surface area contributed by atoms with Gasteiger partial charge in [0.2, 0.25) is 0 Å². The number of halogens is 3. The minimum absolute atomic E-state index is 0.851. The second-order valence-electron chi connectivity index (χ2n) is 4.96. The number of benzene rings is 3. The second-order valence-corrected chi connectivity index (χ2v) is 13.1. The van der Waals surface area contributed by atoms with E-state index in [-0.39, 0.29) is 0 Å². The summed E-state index contributed by atoms with van der Waals surface area (Å²) < 4.78 is 19.6. The molecule has 1 nitrogen and oxygen atoms in total. The number of rotatable bonds is 3. The fraction of sp³-hybridized carbons (Fsp3) is 0. The van der Waals surface area contributed by atoms with Crippen LogP contribution in [0.2, 0.25) is 0 Å². The molecule has 23 heavy (non-hydrogen) atoms. The SMILES string of the molecule is O=[As](c1ccccc1Br)(c1ccccc1Br)c1ccccc1Br. The third kappa shape index (κ3) is 3.19. The molecular formula is C18H12AsBr3O. The first-order valence-corrected chi connectivity index (χ1v) is 12.9. The van der Waals surface area contributed by atoms with Gasteiger partial charge < -0.3 is 0 Å². The normalized spacial score (nSPS) is 11.4. The van der Waals surface area contributed by atoms with Gasteiger partial charge in [-0.1, -0.05) is 0 Å². The molecule has 0 spiro atoms. The van der Waals surface area contributed by atoms with Crippen LogP contribution in [0.1, 0.15) is 0 Å². The Hall–Kier alpha value is -0.542. The maximum absolute atomic E-state index is 14.5. The molecule has 0 aromatic heterocycles. The van der Waals surface area contributed by atoms with Gasteiger partial charge in [-0.2, -0.15) is 0 Å². The molecule has 0 fully saturated rings. The van der Waals surface area contributed by atoms with E-state index in [1.54, 1.807) is 0 Å². The predicted octanol–water partition coefficient (Wildman–Crippen LogP) is 4.37. The van der Waals surface area contributed by atoms with E-state index < -0.39 is 13.5 Å². The summed E-state index contributed by atoms with van der Waals surface area (Å²) in [6.07, 6.45) is 0. The van der Waals surface area contributed by atoms with Crippen molar-refractivity contribution in [1.82, 2.24) is 0 Å². The Balaban J connectivity index is 2.41. The van der Waals surface area contributed by atoms with Gasteiger partial charge in [0, 0.05) is 0 Å². The van der Waals surface area contributed by atoms with Crippen LogP contribution in [0.15, 0.2) is 86.2 Å². The van der Waals surface area contributed by atoms with E-state index in [4.69, 9.17) is 0 Å². The average molecular weight is 559 g/mol. The first kappa shape index (κ1) is 17.3. The van der Waals surface area contributed by atoms with Crippen LogP contribution < -0.4 is 13.1 Å². The first-order valence-electron chi connectivity index (χ1n) is 6.90. The van der Waals surface area contributed by atoms with Crippen molar-refractivity contribution >= 4 is 74.3 Å². The maximum atomic E-state index is 14.5. The molecule has 0 saturated carbocycles. The van der Waals surface area contributed by atoms with Gasteiger partial charge in [-0.15, -0.1) is 0 Å². The molecular weight excluding hydrogens is 547 g/mol. The Bertz CT molecular complexity index is 790. The number of hydrogen-bond donors (Lipinski definition) is 0. The minimum atomic E-state index is -3.84. The van der Waals surface area contributed by atoms with Crippen molar-refractivity contribution in [3.8, 4) is 0 Å². The molecule has 0 saturated heterocycles. The summed E-state index contributed by atoms with van der Waals surface area (Å²) in [6.45, 7) is 0. The molecule has 0 bridgehead atoms. The van der Waals surface area contributed by atoms with Gasteiger partial charge >= 0.3 is 164 Å². The molecule has 0 N–H and O–H groups in total. The van der Waals surface area contributed by atoms with E-state index >= 15 is 0 Å². The standard InChI is InChI=1S/C18H12AsBr3O/c20-16-10-4-1-7-13(16)19(23,14-8-2-5-11-17(14)21)15-9-3-6-12-18(15)22/h1-12H. The summed E-state index contributed by atoms with van der Waals surface area (Å²) >= 11 is 6.92. The molecule has 116 valence electrons. The van der Waals surface area contributed by atoms with E-state index in [0.29, 0.717) is 0 Å². The van der Waals surface area contributed by atoms with Gasteiger partial charge in [-0.05, 0) is 0 Å². The summed E-state index contributed by atoms with van der Waals surface area (Å²) in [5, 5.41) is 0. The topological polar surface area (TPSA) is 17.1 Å². The third-order valence-corrected chi connectivity index (χ3v) is 14.4. The van der Waals surface area contributed by atoms with Crippen LogP contribution in [0.4, 0.5) is 0 Å². The van der Waals surface area contributed by atoms with Crippen LogP contribution in [0.5, 0.6) is 0 Å². The molecule has 0 aliphatic heterocycles. The molecule has 3 rings (SSSR count). The van der Waals surface area contributed by atoms with Crippen molar-refractivity contribution in [2.45, 2.75) is 0 Å². The molecule has 0 unspecified atom stereocenters. The molecule has 0 aliphatic rings. The zero-order valence-corrected chi connectivity index (χ0v) is 18.6. The van der Waals surface area contributed by atoms with Crippen molar-refractivity contribution in [2.24, 2.45) is 0 Å². The summed E-state index contributed by atoms with van der Waals surface area (Å²) in [5.74, 6) is 0. The zero-order valence-electron chi connectivity index (χ0n) is 11.9. The van der Waals surface area contributed by atoms with Gasteiger partial charge in [-0.25, -0.2) is 0 Å². The van der Waals surface area contributed by atoms with Crippen molar-refractivity contribution in [2.75, 3.05) is 0 Å². The summed E-state index contributed by atoms with van der Waals surface area (Å²) in [5.41, 5.74) is 0. The van der Waals surface area contributed by atoms with Crippen LogP contribution >= 0.6 is 47.8 Å². The van der Waals surface area contributed by atoms with E-state index in [2.05, 4.69) is 47.8 Å². The van der Waals surface area contributed by atoms with Gasteiger partial charge in [-0.3, -0.25) is 0 Å². The van der Waals surface area contributed by atoms with Crippen molar-refractivity contribution in [3.05, 3.63) is 86.2 Å². The van der Waals surface area contributed by atoms with Gasteiger partial charge in [0.15, 0.2) is 0 Å². The Morgan fingerprint density at radius 1 is 0.522 bits per heavy atom. The molecule has 3 aromatic carbocycles. The first-order chi connectivity index (χ1) is 11.0. The molecule has 3 aromatic rings. The summed E-state index contributed by atoms with van der Waals surface area (Å²) in [6, 6.07) is 23.3. The number of hydrogen-bond acceptors (Lipinski definition) is 1. The molecule has 5 heteroatoms. The van der Waals surface area contributed by atoms with Crippen molar-refractivity contribution in [3.63, 3.8) is 0 Å². The van der Waals surface area contributed by atoms with Crippen LogP contribution in [0, 0.1) is 0 Å². The summed E-state index contributed by atoms with van der Waals surface area (Å²) in [4.78, 5) is 0. The molecule has 0 atom stereocenters. The van der Waals surface area contributed by atoms with Crippen LogP contribution in [0.3, 0.4) is 0 Å². The Morgan fingerprint density at radius 3 is 1.04 bits per heavy atom. The molecule has 0 aliphatic carbocycles. The zero-order chi connectivity index (χ0) is 16.4. The van der Waals surface area contributed by atoms with Crippen molar-refractivity contribution in [1.29, 1.82) is 0 Å². The van der Waals surface area contributed by atoms with E-state index in [1.165, 1.54) is 0 Å². The average Bonchev–Trinajstić information content (AvgIpc) is 2.55. The quantitative estimate of drug-likeness (QED) is 0.437. The Morgan fingerprint density at radius 2 is 0.783 bits per heavy atom. The predicted molar refractivity (Wildman–Crippen MR) is 108 cm³/mol. The molecule has 0 heterocycles. The Labute approximate surface area is 163 Å². The fourth-order valence-electron chi connectivity index (χ4n) is 2.51. The van der Waals surface area contributed by atoms with Crippen LogP contribution in [-0.2, 0) is 3.74 Å². The Kier molecular flexibility index (Phi) is 5.37. The summed E-state index contributed by atoms with van der Waals surface area (Å²) in [7, 11) is 0. The van der Waals surface area contributed by atoms with Gasteiger partial charge in [0.25, 0.3) is 0 Å². The van der Waals surface area contributed by atoms with E-state index in [0.717, 1.165) is 26.5 Å². The molecule has 0 radical (unpaired) electrons. The molecule has 0 amide bonds. The van der Waals surface area contributed by atoms with Gasteiger partial charge in [0.05, 0.1) is 0 Å². The monoisotopic (exact) mass is 556 g/mol. The van der Waals surface area contributed by atoms with Crippen LogP contribution in [0.25, 0.3) is 0 Å².